The molecule has 0 aromatic carbocycles. The third kappa shape index (κ3) is 2.53. The first-order valence-corrected chi connectivity index (χ1v) is 8.12. The molecule has 3 aromatic heterocycles. The van der Waals surface area contributed by atoms with Crippen LogP contribution in [0.25, 0.3) is 5.65 Å². The minimum atomic E-state index is -0.168. The van der Waals surface area contributed by atoms with Crippen LogP contribution < -0.4 is 0 Å². The van der Waals surface area contributed by atoms with E-state index >= 15 is 0 Å². The maximum absolute atomic E-state index is 13.2. The maximum Gasteiger partial charge on any atom is 0.259 e. The predicted octanol–water partition coefficient (Wildman–Crippen LogP) is 2.18. The summed E-state index contributed by atoms with van der Waals surface area (Å²) in [7, 11) is 0. The fraction of sp³-hybridized carbons (Fsp3) is 0.438. The quantitative estimate of drug-likeness (QED) is 0.717. The van der Waals surface area contributed by atoms with Crippen molar-refractivity contribution in [2.45, 2.75) is 38.6 Å². The highest BCUT2D eigenvalue weighted by molar-refractivity contribution is 5.99. The first-order chi connectivity index (χ1) is 11.7. The van der Waals surface area contributed by atoms with Gasteiger partial charge < -0.3 is 9.42 Å². The molecule has 0 spiro atoms. The summed E-state index contributed by atoms with van der Waals surface area (Å²) < 4.78 is 6.51. The van der Waals surface area contributed by atoms with E-state index in [-0.39, 0.29) is 11.9 Å². The fourth-order valence-electron chi connectivity index (χ4n) is 3.21. The van der Waals surface area contributed by atoms with Crippen LogP contribution in [0.4, 0.5) is 0 Å². The van der Waals surface area contributed by atoms with Crippen molar-refractivity contribution in [3.8, 4) is 0 Å². The molecular weight excluding hydrogens is 308 g/mol. The third-order valence-corrected chi connectivity index (χ3v) is 4.43. The molecule has 1 amide bonds. The van der Waals surface area contributed by atoms with Crippen molar-refractivity contribution >= 4 is 11.6 Å². The largest absolute Gasteiger partial charge is 0.343 e. The first kappa shape index (κ1) is 14.8. The zero-order chi connectivity index (χ0) is 16.5. The average Bonchev–Trinajstić information content (AvgIpc) is 3.19. The summed E-state index contributed by atoms with van der Waals surface area (Å²) in [6, 6.07) is 1.70. The number of hydrogen-bond donors (Lipinski definition) is 0. The molecule has 1 atom stereocenters. The highest BCUT2D eigenvalue weighted by Gasteiger charge is 2.31. The summed E-state index contributed by atoms with van der Waals surface area (Å²) >= 11 is 0. The molecular formula is C16H18N6O2. The molecule has 0 bridgehead atoms. The van der Waals surface area contributed by atoms with Crippen LogP contribution in [-0.4, -0.2) is 42.1 Å². The molecule has 1 aliphatic rings. The Morgan fingerprint density at radius 2 is 2.25 bits per heavy atom. The molecule has 3 aromatic rings. The molecule has 0 saturated carbocycles. The first-order valence-electron chi connectivity index (χ1n) is 8.12. The number of carbonyl (C=O) groups is 1. The normalized spacial score (nSPS) is 18.7. The number of nitrogens with zero attached hydrogens (tertiary/aromatic N) is 6. The molecule has 0 aliphatic carbocycles. The summed E-state index contributed by atoms with van der Waals surface area (Å²) in [4.78, 5) is 23.7. The Balaban J connectivity index is 1.73. The molecule has 124 valence electrons. The number of hydrogen-bond acceptors (Lipinski definition) is 6. The standard InChI is InChI=1S/C16H18N6O2/c1-11-6-8-22-15(19-11)12(9-18-22)16(23)21-7-4-2-3-5-13(21)14-17-10-24-20-14/h6,8-10,13H,2-5,7H2,1H3/t13-/m0/s1. The van der Waals surface area contributed by atoms with Crippen LogP contribution in [0, 0.1) is 6.92 Å². The van der Waals surface area contributed by atoms with E-state index in [0.29, 0.717) is 23.6 Å². The van der Waals surface area contributed by atoms with Gasteiger partial charge in [-0.3, -0.25) is 4.79 Å². The molecule has 0 N–H and O–H groups in total. The third-order valence-electron chi connectivity index (χ3n) is 4.43. The zero-order valence-electron chi connectivity index (χ0n) is 13.4. The van der Waals surface area contributed by atoms with Crippen LogP contribution in [-0.2, 0) is 0 Å². The number of aromatic nitrogens is 5. The van der Waals surface area contributed by atoms with Crippen LogP contribution in [0.1, 0.15) is 53.6 Å². The van der Waals surface area contributed by atoms with Crippen LogP contribution in [0.15, 0.2) is 29.4 Å². The minimum Gasteiger partial charge on any atom is -0.343 e. The van der Waals surface area contributed by atoms with Crippen LogP contribution in [0.3, 0.4) is 0 Å². The topological polar surface area (TPSA) is 89.4 Å². The van der Waals surface area contributed by atoms with E-state index in [9.17, 15) is 4.79 Å². The molecule has 1 fully saturated rings. The Hall–Kier alpha value is -2.77. The van der Waals surface area contributed by atoms with Crippen molar-refractivity contribution < 1.29 is 9.32 Å². The van der Waals surface area contributed by atoms with Gasteiger partial charge >= 0.3 is 0 Å². The van der Waals surface area contributed by atoms with Gasteiger partial charge in [0.25, 0.3) is 5.91 Å². The van der Waals surface area contributed by atoms with E-state index in [1.165, 1.54) is 6.39 Å². The monoisotopic (exact) mass is 326 g/mol. The molecule has 0 radical (unpaired) electrons. The molecule has 4 rings (SSSR count). The van der Waals surface area contributed by atoms with Gasteiger partial charge in [-0.1, -0.05) is 18.0 Å². The van der Waals surface area contributed by atoms with Crippen molar-refractivity contribution in [3.63, 3.8) is 0 Å². The van der Waals surface area contributed by atoms with Gasteiger partial charge in [0.05, 0.1) is 12.2 Å². The van der Waals surface area contributed by atoms with Gasteiger partial charge in [0.1, 0.15) is 5.56 Å². The Labute approximate surface area is 138 Å². The lowest BCUT2D eigenvalue weighted by atomic mass is 10.1. The molecule has 1 aliphatic heterocycles. The number of rotatable bonds is 2. The van der Waals surface area contributed by atoms with Gasteiger partial charge in [-0.15, -0.1) is 0 Å². The van der Waals surface area contributed by atoms with E-state index in [2.05, 4.69) is 20.2 Å². The van der Waals surface area contributed by atoms with E-state index < -0.39 is 0 Å². The summed E-state index contributed by atoms with van der Waals surface area (Å²) in [5.74, 6) is 0.477. The minimum absolute atomic E-state index is 0.0835. The molecule has 4 heterocycles. The maximum atomic E-state index is 13.2. The van der Waals surface area contributed by atoms with Gasteiger partial charge in [-0.05, 0) is 25.8 Å². The predicted molar refractivity (Wildman–Crippen MR) is 84.3 cm³/mol. The molecule has 1 saturated heterocycles. The van der Waals surface area contributed by atoms with Crippen LogP contribution in [0.5, 0.6) is 0 Å². The average molecular weight is 326 g/mol. The SMILES string of the molecule is Cc1ccn2ncc(C(=O)N3CCCCC[C@H]3c3ncon3)c2n1. The van der Waals surface area contributed by atoms with E-state index in [1.54, 1.807) is 10.7 Å². The zero-order valence-corrected chi connectivity index (χ0v) is 13.4. The Kier molecular flexibility index (Phi) is 3.72. The van der Waals surface area contributed by atoms with E-state index in [0.717, 1.165) is 31.4 Å². The second kappa shape index (κ2) is 6.03. The smallest absolute Gasteiger partial charge is 0.259 e. The number of fused-ring (bicyclic) bond motifs is 1. The molecule has 0 unspecified atom stereocenters. The summed E-state index contributed by atoms with van der Waals surface area (Å²) in [5, 5.41) is 8.20. The Morgan fingerprint density at radius 1 is 1.33 bits per heavy atom. The van der Waals surface area contributed by atoms with Gasteiger partial charge in [0, 0.05) is 18.4 Å². The Bertz CT molecular complexity index is 857. The fourth-order valence-corrected chi connectivity index (χ4v) is 3.21. The second-order valence-corrected chi connectivity index (χ2v) is 6.05. The lowest BCUT2D eigenvalue weighted by molar-refractivity contribution is 0.0672. The van der Waals surface area contributed by atoms with Gasteiger partial charge in [-0.2, -0.15) is 10.1 Å². The van der Waals surface area contributed by atoms with Gasteiger partial charge in [0.2, 0.25) is 6.39 Å². The van der Waals surface area contributed by atoms with Gasteiger partial charge in [0.15, 0.2) is 11.5 Å². The number of aryl methyl sites for hydroxylation is 1. The lowest BCUT2D eigenvalue weighted by Gasteiger charge is -2.27. The van der Waals surface area contributed by atoms with Crippen molar-refractivity contribution in [1.82, 2.24) is 29.6 Å². The van der Waals surface area contributed by atoms with Gasteiger partial charge in [-0.25, -0.2) is 9.50 Å². The van der Waals surface area contributed by atoms with E-state index in [4.69, 9.17) is 4.52 Å². The molecule has 24 heavy (non-hydrogen) atoms. The highest BCUT2D eigenvalue weighted by Crippen LogP contribution is 2.30. The molecule has 8 nitrogen and oxygen atoms in total. The van der Waals surface area contributed by atoms with Crippen molar-refractivity contribution in [3.05, 3.63) is 41.9 Å². The summed E-state index contributed by atoms with van der Waals surface area (Å²) in [6.07, 6.45) is 8.63. The van der Waals surface area contributed by atoms with E-state index in [1.807, 2.05) is 24.1 Å². The second-order valence-electron chi connectivity index (χ2n) is 6.05. The lowest BCUT2D eigenvalue weighted by Crippen LogP contribution is -2.35. The van der Waals surface area contributed by atoms with Crippen molar-refractivity contribution in [1.29, 1.82) is 0 Å². The van der Waals surface area contributed by atoms with Crippen LogP contribution >= 0.6 is 0 Å². The summed E-state index contributed by atoms with van der Waals surface area (Å²) in [6.45, 7) is 2.57. The summed E-state index contributed by atoms with van der Waals surface area (Å²) in [5.41, 5.74) is 1.94. The number of carbonyl (C=O) groups excluding carboxylic acids is 1. The number of amides is 1. The highest BCUT2D eigenvalue weighted by atomic mass is 16.5. The van der Waals surface area contributed by atoms with Crippen LogP contribution in [0.2, 0.25) is 0 Å². The molecule has 8 heteroatoms. The van der Waals surface area contributed by atoms with Crippen molar-refractivity contribution in [2.75, 3.05) is 6.54 Å². The van der Waals surface area contributed by atoms with Crippen molar-refractivity contribution in [2.24, 2.45) is 0 Å². The Morgan fingerprint density at radius 3 is 3.08 bits per heavy atom. The number of likely N-dealkylation sites (tertiary alicyclic amines) is 1.